The molecule has 0 saturated carbocycles. The number of isocyanates is 1. The molecule has 2 N–H and O–H groups in total. The van der Waals surface area contributed by atoms with E-state index in [1.807, 2.05) is 0 Å². The molecule has 1 aromatic rings. The van der Waals surface area contributed by atoms with Crippen LogP contribution in [0.15, 0.2) is 4.99 Å². The van der Waals surface area contributed by atoms with Gasteiger partial charge in [-0.1, -0.05) is 26.7 Å². The van der Waals surface area contributed by atoms with E-state index in [1.165, 1.54) is 0 Å². The standard InChI is InChI=1S/C32H58N8O3/c1-13-15-24(22-17-29(3,4)39(42-11)30(5,6)18-22)34-27-36-26(33-21-41)37-28(38-27)35-25(16-14-2)23-19-31(7,8)40(43-12)32(9,10)20-23/h22-25H,13-20H2,1-12H3,(H2,34,35,36,37,38). The average Bonchev–Trinajstić information content (AvgIpc) is 2.86. The minimum atomic E-state index is -0.138. The fourth-order valence-corrected chi connectivity index (χ4v) is 8.63. The molecule has 0 spiro atoms. The van der Waals surface area contributed by atoms with Crippen LogP contribution in [0.4, 0.5) is 17.8 Å². The van der Waals surface area contributed by atoms with E-state index in [4.69, 9.17) is 14.7 Å². The van der Waals surface area contributed by atoms with E-state index < -0.39 is 0 Å². The zero-order valence-electron chi connectivity index (χ0n) is 28.9. The molecule has 0 aromatic carbocycles. The van der Waals surface area contributed by atoms with Gasteiger partial charge in [-0.2, -0.15) is 25.1 Å². The molecular weight excluding hydrogens is 544 g/mol. The van der Waals surface area contributed by atoms with E-state index in [0.29, 0.717) is 23.7 Å². The molecule has 2 fully saturated rings. The molecule has 11 nitrogen and oxygen atoms in total. The molecular formula is C32H58N8O3. The van der Waals surface area contributed by atoms with Gasteiger partial charge in [0.15, 0.2) is 0 Å². The molecule has 3 rings (SSSR count). The Kier molecular flexibility index (Phi) is 11.4. The summed E-state index contributed by atoms with van der Waals surface area (Å²) in [6, 6.07) is 0.273. The molecule has 0 aliphatic carbocycles. The molecule has 0 radical (unpaired) electrons. The van der Waals surface area contributed by atoms with Gasteiger partial charge in [0, 0.05) is 34.2 Å². The lowest BCUT2D eigenvalue weighted by atomic mass is 9.71. The molecule has 0 bridgehead atoms. The van der Waals surface area contributed by atoms with Crippen LogP contribution >= 0.6 is 0 Å². The van der Waals surface area contributed by atoms with E-state index in [2.05, 4.69) is 105 Å². The lowest BCUT2D eigenvalue weighted by Crippen LogP contribution is -2.61. The number of rotatable bonds is 13. The number of nitrogens with zero attached hydrogens (tertiary/aromatic N) is 6. The SMILES string of the molecule is CCCC(Nc1nc(N=C=O)nc(NC(CCC)C2CC(C)(C)N(OC)C(C)(C)C2)n1)C1CC(C)(C)N(OC)C(C)(C)C1. The van der Waals surface area contributed by atoms with Crippen LogP contribution in [0.5, 0.6) is 0 Å². The summed E-state index contributed by atoms with van der Waals surface area (Å²) in [5, 5.41) is 11.6. The zero-order valence-corrected chi connectivity index (χ0v) is 28.9. The second kappa shape index (κ2) is 13.9. The van der Waals surface area contributed by atoms with Gasteiger partial charge in [0.1, 0.15) is 0 Å². The van der Waals surface area contributed by atoms with Crippen molar-refractivity contribution in [1.29, 1.82) is 0 Å². The highest BCUT2D eigenvalue weighted by molar-refractivity contribution is 5.46. The van der Waals surface area contributed by atoms with Crippen LogP contribution < -0.4 is 10.6 Å². The first-order valence-corrected chi connectivity index (χ1v) is 16.1. The number of nitrogens with one attached hydrogen (secondary N) is 2. The summed E-state index contributed by atoms with van der Waals surface area (Å²) in [6.07, 6.45) is 9.42. The molecule has 2 unspecified atom stereocenters. The van der Waals surface area contributed by atoms with Crippen LogP contribution in [0, 0.1) is 11.8 Å². The van der Waals surface area contributed by atoms with Gasteiger partial charge in [-0.25, -0.2) is 4.79 Å². The van der Waals surface area contributed by atoms with Crippen molar-refractivity contribution in [3.63, 3.8) is 0 Å². The highest BCUT2D eigenvalue weighted by Gasteiger charge is 2.49. The maximum absolute atomic E-state index is 11.3. The number of carbonyl (C=O) groups excluding carboxylic acids is 1. The van der Waals surface area contributed by atoms with Crippen molar-refractivity contribution in [2.45, 2.75) is 155 Å². The molecule has 1 aromatic heterocycles. The van der Waals surface area contributed by atoms with Gasteiger partial charge in [0.25, 0.3) is 5.95 Å². The van der Waals surface area contributed by atoms with Crippen molar-refractivity contribution in [2.75, 3.05) is 24.9 Å². The smallest absolute Gasteiger partial charge is 0.267 e. The van der Waals surface area contributed by atoms with Crippen molar-refractivity contribution in [3.05, 3.63) is 0 Å². The van der Waals surface area contributed by atoms with Gasteiger partial charge < -0.3 is 20.3 Å². The molecule has 0 amide bonds. The monoisotopic (exact) mass is 602 g/mol. The van der Waals surface area contributed by atoms with Crippen molar-refractivity contribution in [1.82, 2.24) is 25.1 Å². The van der Waals surface area contributed by atoms with Gasteiger partial charge in [-0.3, -0.25) is 0 Å². The number of aliphatic imine (C=N–C) groups is 1. The fraction of sp³-hybridized carbons (Fsp3) is 0.875. The first kappa shape index (κ1) is 35.3. The minimum Gasteiger partial charge on any atom is -0.351 e. The molecule has 43 heavy (non-hydrogen) atoms. The highest BCUT2D eigenvalue weighted by Crippen LogP contribution is 2.45. The number of hydroxylamine groups is 4. The molecule has 2 saturated heterocycles. The topological polar surface area (TPSA) is 117 Å². The molecule has 11 heteroatoms. The Morgan fingerprint density at radius 3 is 1.37 bits per heavy atom. The summed E-state index contributed by atoms with van der Waals surface area (Å²) in [4.78, 5) is 40.7. The van der Waals surface area contributed by atoms with Gasteiger partial charge in [-0.15, -0.1) is 4.99 Å². The van der Waals surface area contributed by atoms with Gasteiger partial charge in [0.05, 0.1) is 14.2 Å². The quantitative estimate of drug-likeness (QED) is 0.187. The Hall–Kier alpha value is -2.17. The molecule has 244 valence electrons. The zero-order chi connectivity index (χ0) is 32.2. The van der Waals surface area contributed by atoms with Crippen molar-refractivity contribution >= 4 is 23.9 Å². The van der Waals surface area contributed by atoms with E-state index in [1.54, 1.807) is 20.3 Å². The maximum atomic E-state index is 11.3. The number of hydrogen-bond acceptors (Lipinski definition) is 11. The number of piperidine rings is 2. The predicted molar refractivity (Wildman–Crippen MR) is 172 cm³/mol. The summed E-state index contributed by atoms with van der Waals surface area (Å²) in [5.74, 6) is 1.65. The summed E-state index contributed by atoms with van der Waals surface area (Å²) in [6.45, 7) is 22.3. The van der Waals surface area contributed by atoms with Gasteiger partial charge >= 0.3 is 0 Å². The first-order chi connectivity index (χ1) is 20.0. The molecule has 2 atom stereocenters. The van der Waals surface area contributed by atoms with E-state index in [9.17, 15) is 4.79 Å². The summed E-state index contributed by atoms with van der Waals surface area (Å²) >= 11 is 0. The van der Waals surface area contributed by atoms with Crippen molar-refractivity contribution in [2.24, 2.45) is 16.8 Å². The van der Waals surface area contributed by atoms with E-state index in [-0.39, 0.29) is 40.2 Å². The first-order valence-electron chi connectivity index (χ1n) is 16.1. The third-order valence-electron chi connectivity index (χ3n) is 9.35. The molecule has 2 aliphatic heterocycles. The Morgan fingerprint density at radius 1 is 0.744 bits per heavy atom. The Labute approximate surface area is 259 Å². The third-order valence-corrected chi connectivity index (χ3v) is 9.35. The highest BCUT2D eigenvalue weighted by atomic mass is 16.7. The fourth-order valence-electron chi connectivity index (χ4n) is 8.63. The summed E-state index contributed by atoms with van der Waals surface area (Å²) in [7, 11) is 3.52. The van der Waals surface area contributed by atoms with Crippen LogP contribution in [-0.2, 0) is 14.5 Å². The number of anilines is 2. The lowest BCUT2D eigenvalue weighted by molar-refractivity contribution is -0.272. The maximum Gasteiger partial charge on any atom is 0.267 e. The number of aromatic nitrogens is 3. The largest absolute Gasteiger partial charge is 0.351 e. The van der Waals surface area contributed by atoms with Crippen LogP contribution in [-0.4, -0.2) is 79.6 Å². The Balaban J connectivity index is 1.92. The third kappa shape index (κ3) is 8.31. The summed E-state index contributed by atoms with van der Waals surface area (Å²) < 4.78 is 0. The van der Waals surface area contributed by atoms with E-state index in [0.717, 1.165) is 51.4 Å². The Morgan fingerprint density at radius 2 is 1.09 bits per heavy atom. The van der Waals surface area contributed by atoms with Crippen LogP contribution in [0.1, 0.15) is 121 Å². The van der Waals surface area contributed by atoms with Crippen LogP contribution in [0.3, 0.4) is 0 Å². The minimum absolute atomic E-state index is 0.0604. The second-order valence-corrected chi connectivity index (χ2v) is 15.1. The van der Waals surface area contributed by atoms with Crippen molar-refractivity contribution < 1.29 is 14.5 Å². The predicted octanol–water partition coefficient (Wildman–Crippen LogP) is 6.66. The lowest BCUT2D eigenvalue weighted by Gasteiger charge is -2.54. The van der Waals surface area contributed by atoms with Gasteiger partial charge in [-0.05, 0) is 106 Å². The van der Waals surface area contributed by atoms with Crippen molar-refractivity contribution in [3.8, 4) is 0 Å². The Bertz CT molecular complexity index is 1010. The molecule has 3 heterocycles. The second-order valence-electron chi connectivity index (χ2n) is 15.1. The number of hydrogen-bond donors (Lipinski definition) is 2. The summed E-state index contributed by atoms with van der Waals surface area (Å²) in [5.41, 5.74) is -0.552. The van der Waals surface area contributed by atoms with E-state index >= 15 is 0 Å². The van der Waals surface area contributed by atoms with Crippen LogP contribution in [0.25, 0.3) is 0 Å². The normalized spacial score (nSPS) is 23.7. The van der Waals surface area contributed by atoms with Gasteiger partial charge in [0.2, 0.25) is 18.0 Å². The average molecular weight is 603 g/mol. The molecule has 2 aliphatic rings. The van der Waals surface area contributed by atoms with Crippen LogP contribution in [0.2, 0.25) is 0 Å².